The van der Waals surface area contributed by atoms with Gasteiger partial charge in [-0.25, -0.2) is 0 Å². The number of aliphatic hydroxyl groups excluding tert-OH is 1. The highest BCUT2D eigenvalue weighted by molar-refractivity contribution is 7.10. The van der Waals surface area contributed by atoms with Crippen LogP contribution < -0.4 is 10.1 Å². The number of ether oxygens (including phenoxy) is 1. The van der Waals surface area contributed by atoms with E-state index < -0.39 is 6.10 Å². The predicted octanol–water partition coefficient (Wildman–Crippen LogP) is 2.33. The van der Waals surface area contributed by atoms with Gasteiger partial charge in [0, 0.05) is 5.69 Å². The lowest BCUT2D eigenvalue weighted by Crippen LogP contribution is -2.03. The minimum Gasteiger partial charge on any atom is -0.495 e. The Labute approximate surface area is 114 Å². The number of carbonyl (C=O) groups is 1. The van der Waals surface area contributed by atoms with Crippen molar-refractivity contribution in [1.29, 1.82) is 0 Å². The molecule has 0 saturated heterocycles. The summed E-state index contributed by atoms with van der Waals surface area (Å²) in [5, 5.41) is 15.1. The van der Waals surface area contributed by atoms with Gasteiger partial charge in [-0.2, -0.15) is 0 Å². The average Bonchev–Trinajstić information content (AvgIpc) is 3.01. The van der Waals surface area contributed by atoms with Crippen molar-refractivity contribution in [2.75, 3.05) is 12.4 Å². The first kappa shape index (κ1) is 12.2. The fourth-order valence-corrected chi connectivity index (χ4v) is 3.12. The third-order valence-corrected chi connectivity index (χ3v) is 4.15. The molecule has 19 heavy (non-hydrogen) atoms. The topological polar surface area (TPSA) is 58.6 Å². The van der Waals surface area contributed by atoms with Gasteiger partial charge in [0.2, 0.25) is 5.91 Å². The number of fused-ring (bicyclic) bond motifs is 1. The Bertz CT molecular complexity index is 635. The van der Waals surface area contributed by atoms with Gasteiger partial charge in [0.05, 0.1) is 18.4 Å². The van der Waals surface area contributed by atoms with Crippen LogP contribution in [-0.2, 0) is 11.2 Å². The first-order chi connectivity index (χ1) is 9.19. The second-order valence-electron chi connectivity index (χ2n) is 4.40. The Balaban J connectivity index is 1.95. The van der Waals surface area contributed by atoms with Crippen LogP contribution in [0.4, 0.5) is 5.69 Å². The number of thiophene rings is 1. The van der Waals surface area contributed by atoms with E-state index in [1.807, 2.05) is 29.6 Å². The number of hydrogen-bond donors (Lipinski definition) is 2. The zero-order chi connectivity index (χ0) is 13.4. The molecule has 0 bridgehead atoms. The Morgan fingerprint density at radius 1 is 1.42 bits per heavy atom. The standard InChI is InChI=1S/C14H13NO3S/c1-18-11-4-5-19-14(11)13(17)8-2-3-10-9(6-8)7-12(16)15-10/h2-6,13,17H,7H2,1H3,(H,15,16). The molecule has 1 unspecified atom stereocenters. The number of amides is 1. The van der Waals surface area contributed by atoms with Crippen molar-refractivity contribution in [2.24, 2.45) is 0 Å². The molecular formula is C14H13NO3S. The van der Waals surface area contributed by atoms with Crippen molar-refractivity contribution >= 4 is 22.9 Å². The Morgan fingerprint density at radius 3 is 3.05 bits per heavy atom. The number of methoxy groups -OCH3 is 1. The monoisotopic (exact) mass is 275 g/mol. The third kappa shape index (κ3) is 2.11. The van der Waals surface area contributed by atoms with E-state index in [0.717, 1.165) is 21.7 Å². The molecule has 0 aliphatic carbocycles. The summed E-state index contributed by atoms with van der Waals surface area (Å²) in [6, 6.07) is 7.37. The largest absolute Gasteiger partial charge is 0.495 e. The van der Waals surface area contributed by atoms with Gasteiger partial charge in [-0.15, -0.1) is 11.3 Å². The van der Waals surface area contributed by atoms with Crippen molar-refractivity contribution < 1.29 is 14.6 Å². The van der Waals surface area contributed by atoms with Gasteiger partial charge in [-0.05, 0) is 28.6 Å². The summed E-state index contributed by atoms with van der Waals surface area (Å²) in [6.07, 6.45) is -0.353. The fraction of sp³-hybridized carbons (Fsp3) is 0.214. The zero-order valence-electron chi connectivity index (χ0n) is 10.3. The molecule has 0 radical (unpaired) electrons. The van der Waals surface area contributed by atoms with Crippen molar-refractivity contribution in [2.45, 2.75) is 12.5 Å². The number of nitrogens with one attached hydrogen (secondary N) is 1. The number of rotatable bonds is 3. The van der Waals surface area contributed by atoms with Crippen LogP contribution >= 0.6 is 11.3 Å². The molecule has 0 saturated carbocycles. The molecule has 1 aromatic carbocycles. The molecule has 2 N–H and O–H groups in total. The Hall–Kier alpha value is -1.85. The summed E-state index contributed by atoms with van der Waals surface area (Å²) in [5.74, 6) is 0.683. The number of carbonyl (C=O) groups excluding carboxylic acids is 1. The maximum absolute atomic E-state index is 11.3. The summed E-state index contributed by atoms with van der Waals surface area (Å²) >= 11 is 1.45. The number of benzene rings is 1. The van der Waals surface area contributed by atoms with Crippen molar-refractivity contribution in [3.8, 4) is 5.75 Å². The van der Waals surface area contributed by atoms with Crippen LogP contribution in [0.3, 0.4) is 0 Å². The number of hydrogen-bond acceptors (Lipinski definition) is 4. The molecule has 1 amide bonds. The van der Waals surface area contributed by atoms with Gasteiger partial charge in [0.1, 0.15) is 11.9 Å². The summed E-state index contributed by atoms with van der Waals surface area (Å²) < 4.78 is 5.22. The predicted molar refractivity (Wildman–Crippen MR) is 73.7 cm³/mol. The van der Waals surface area contributed by atoms with E-state index in [1.165, 1.54) is 11.3 Å². The zero-order valence-corrected chi connectivity index (χ0v) is 11.2. The van der Waals surface area contributed by atoms with Gasteiger partial charge in [0.25, 0.3) is 0 Å². The minimum atomic E-state index is -0.726. The number of aliphatic hydroxyl groups is 1. The fourth-order valence-electron chi connectivity index (χ4n) is 2.25. The maximum Gasteiger partial charge on any atom is 0.228 e. The van der Waals surface area contributed by atoms with Gasteiger partial charge in [-0.3, -0.25) is 4.79 Å². The van der Waals surface area contributed by atoms with E-state index in [-0.39, 0.29) is 5.91 Å². The molecule has 98 valence electrons. The molecule has 5 heteroatoms. The molecule has 0 spiro atoms. The quantitative estimate of drug-likeness (QED) is 0.904. The summed E-state index contributed by atoms with van der Waals surface area (Å²) in [6.45, 7) is 0. The summed E-state index contributed by atoms with van der Waals surface area (Å²) in [4.78, 5) is 12.1. The van der Waals surface area contributed by atoms with Crippen LogP contribution in [0.25, 0.3) is 0 Å². The normalized spacial score (nSPS) is 14.9. The van der Waals surface area contributed by atoms with Crippen LogP contribution in [0.1, 0.15) is 22.1 Å². The Kier molecular flexibility index (Phi) is 3.00. The number of anilines is 1. The second kappa shape index (κ2) is 4.68. The third-order valence-electron chi connectivity index (χ3n) is 3.20. The van der Waals surface area contributed by atoms with E-state index >= 15 is 0 Å². The molecule has 4 nitrogen and oxygen atoms in total. The SMILES string of the molecule is COc1ccsc1C(O)c1ccc2c(c1)CC(=O)N2. The van der Waals surface area contributed by atoms with Gasteiger partial charge < -0.3 is 15.2 Å². The first-order valence-electron chi connectivity index (χ1n) is 5.91. The molecule has 1 aliphatic rings. The molecule has 1 aliphatic heterocycles. The lowest BCUT2D eigenvalue weighted by molar-refractivity contribution is -0.115. The van der Waals surface area contributed by atoms with Crippen LogP contribution in [0.5, 0.6) is 5.75 Å². The smallest absolute Gasteiger partial charge is 0.228 e. The molecule has 3 rings (SSSR count). The van der Waals surface area contributed by atoms with E-state index in [4.69, 9.17) is 4.74 Å². The molecule has 2 heterocycles. The van der Waals surface area contributed by atoms with Crippen LogP contribution in [0.2, 0.25) is 0 Å². The van der Waals surface area contributed by atoms with E-state index in [0.29, 0.717) is 12.2 Å². The highest BCUT2D eigenvalue weighted by Crippen LogP contribution is 2.36. The second-order valence-corrected chi connectivity index (χ2v) is 5.34. The molecule has 1 aromatic heterocycles. The average molecular weight is 275 g/mol. The van der Waals surface area contributed by atoms with Crippen molar-refractivity contribution in [3.05, 3.63) is 45.6 Å². The van der Waals surface area contributed by atoms with Gasteiger partial charge in [0.15, 0.2) is 0 Å². The summed E-state index contributed by atoms with van der Waals surface area (Å²) in [7, 11) is 1.59. The lowest BCUT2D eigenvalue weighted by Gasteiger charge is -2.12. The van der Waals surface area contributed by atoms with E-state index in [2.05, 4.69) is 5.32 Å². The molecule has 0 fully saturated rings. The first-order valence-corrected chi connectivity index (χ1v) is 6.79. The Morgan fingerprint density at radius 2 is 2.26 bits per heavy atom. The van der Waals surface area contributed by atoms with Crippen LogP contribution in [0.15, 0.2) is 29.6 Å². The molecule has 2 aromatic rings. The van der Waals surface area contributed by atoms with Gasteiger partial charge >= 0.3 is 0 Å². The minimum absolute atomic E-state index is 0.00431. The van der Waals surface area contributed by atoms with Crippen molar-refractivity contribution in [3.63, 3.8) is 0 Å². The van der Waals surface area contributed by atoms with Crippen LogP contribution in [-0.4, -0.2) is 18.1 Å². The molecular weight excluding hydrogens is 262 g/mol. The van der Waals surface area contributed by atoms with Crippen LogP contribution in [0, 0.1) is 0 Å². The van der Waals surface area contributed by atoms with E-state index in [9.17, 15) is 9.90 Å². The maximum atomic E-state index is 11.3. The van der Waals surface area contributed by atoms with Gasteiger partial charge in [-0.1, -0.05) is 12.1 Å². The van der Waals surface area contributed by atoms with E-state index in [1.54, 1.807) is 7.11 Å². The van der Waals surface area contributed by atoms with Crippen molar-refractivity contribution in [1.82, 2.24) is 0 Å². The molecule has 1 atom stereocenters. The highest BCUT2D eigenvalue weighted by Gasteiger charge is 2.22. The lowest BCUT2D eigenvalue weighted by atomic mass is 10.0. The highest BCUT2D eigenvalue weighted by atomic mass is 32.1. The summed E-state index contributed by atoms with van der Waals surface area (Å²) in [5.41, 5.74) is 2.53.